The van der Waals surface area contributed by atoms with Crippen molar-refractivity contribution in [2.45, 2.75) is 31.5 Å². The monoisotopic (exact) mass is 323 g/mol. The Morgan fingerprint density at radius 1 is 1.33 bits per heavy atom. The molecular weight excluding hydrogens is 310 g/mol. The Hall–Kier alpha value is -1.30. The molecule has 0 aliphatic carbocycles. The average Bonchev–Trinajstić information content (AvgIpc) is 2.45. The molecule has 1 aliphatic rings. The standard InChI is InChI=1S/C14H14ClF4NO/c15-8-10-3-1-2-6-20(10)13(21)9-4-5-12(16)11(7-9)14(17,18)19/h4-5,7,10H,1-3,6,8H2. The zero-order chi connectivity index (χ0) is 15.6. The third kappa shape index (κ3) is 3.48. The normalized spacial score (nSPS) is 19.7. The molecule has 1 aromatic carbocycles. The fourth-order valence-corrected chi connectivity index (χ4v) is 2.79. The maximum absolute atomic E-state index is 13.2. The molecule has 116 valence electrons. The molecule has 0 N–H and O–H groups in total. The maximum Gasteiger partial charge on any atom is 0.419 e. The first-order valence-electron chi connectivity index (χ1n) is 6.58. The summed E-state index contributed by atoms with van der Waals surface area (Å²) in [7, 11) is 0. The molecule has 1 aromatic rings. The van der Waals surface area contributed by atoms with Gasteiger partial charge in [-0.3, -0.25) is 4.79 Å². The lowest BCUT2D eigenvalue weighted by Gasteiger charge is -2.34. The van der Waals surface area contributed by atoms with E-state index < -0.39 is 23.5 Å². The summed E-state index contributed by atoms with van der Waals surface area (Å²) in [5, 5.41) is 0. The Bertz CT molecular complexity index is 532. The van der Waals surface area contributed by atoms with Gasteiger partial charge in [0.25, 0.3) is 5.91 Å². The highest BCUT2D eigenvalue weighted by molar-refractivity contribution is 6.18. The lowest BCUT2D eigenvalue weighted by atomic mass is 10.0. The highest BCUT2D eigenvalue weighted by atomic mass is 35.5. The summed E-state index contributed by atoms with van der Waals surface area (Å²) >= 11 is 5.80. The molecule has 1 heterocycles. The van der Waals surface area contributed by atoms with E-state index >= 15 is 0 Å². The molecule has 0 bridgehead atoms. The van der Waals surface area contributed by atoms with Crippen molar-refractivity contribution in [3.63, 3.8) is 0 Å². The molecule has 0 spiro atoms. The molecule has 0 aromatic heterocycles. The summed E-state index contributed by atoms with van der Waals surface area (Å²) in [6.45, 7) is 0.453. The number of hydrogen-bond acceptors (Lipinski definition) is 1. The van der Waals surface area contributed by atoms with Crippen LogP contribution in [-0.4, -0.2) is 29.3 Å². The second kappa shape index (κ2) is 6.22. The predicted octanol–water partition coefficient (Wildman–Crippen LogP) is 4.08. The number of carbonyl (C=O) groups excluding carboxylic acids is 1. The topological polar surface area (TPSA) is 20.3 Å². The fourth-order valence-electron chi connectivity index (χ4n) is 2.47. The first-order chi connectivity index (χ1) is 9.84. The Morgan fingerprint density at radius 2 is 2.05 bits per heavy atom. The third-order valence-corrected chi connectivity index (χ3v) is 3.94. The molecule has 0 saturated carbocycles. The molecular formula is C14H14ClF4NO. The van der Waals surface area contributed by atoms with Crippen molar-refractivity contribution in [1.82, 2.24) is 4.90 Å². The molecule has 7 heteroatoms. The van der Waals surface area contributed by atoms with Crippen molar-refractivity contribution < 1.29 is 22.4 Å². The number of alkyl halides is 4. The van der Waals surface area contributed by atoms with E-state index in [0.29, 0.717) is 18.7 Å². The largest absolute Gasteiger partial charge is 0.419 e. The quantitative estimate of drug-likeness (QED) is 0.593. The van der Waals surface area contributed by atoms with Crippen molar-refractivity contribution in [1.29, 1.82) is 0 Å². The number of benzene rings is 1. The van der Waals surface area contributed by atoms with Gasteiger partial charge in [-0.2, -0.15) is 13.2 Å². The second-order valence-corrected chi connectivity index (χ2v) is 5.30. The fraction of sp³-hybridized carbons (Fsp3) is 0.500. The van der Waals surface area contributed by atoms with Crippen molar-refractivity contribution >= 4 is 17.5 Å². The van der Waals surface area contributed by atoms with Gasteiger partial charge in [-0.1, -0.05) is 0 Å². The van der Waals surface area contributed by atoms with Crippen LogP contribution in [0.15, 0.2) is 18.2 Å². The van der Waals surface area contributed by atoms with Gasteiger partial charge in [-0.25, -0.2) is 4.39 Å². The Balaban J connectivity index is 2.31. The molecule has 1 aliphatic heterocycles. The van der Waals surface area contributed by atoms with Crippen LogP contribution in [0.3, 0.4) is 0 Å². The highest BCUT2D eigenvalue weighted by Gasteiger charge is 2.35. The minimum Gasteiger partial charge on any atom is -0.334 e. The summed E-state index contributed by atoms with van der Waals surface area (Å²) in [4.78, 5) is 13.8. The van der Waals surface area contributed by atoms with Crippen molar-refractivity contribution in [3.05, 3.63) is 35.1 Å². The Kier molecular flexibility index (Phi) is 4.76. The second-order valence-electron chi connectivity index (χ2n) is 4.99. The first-order valence-corrected chi connectivity index (χ1v) is 7.11. The van der Waals surface area contributed by atoms with Gasteiger partial charge in [-0.15, -0.1) is 11.6 Å². The SMILES string of the molecule is O=C(c1ccc(F)c(C(F)(F)F)c1)N1CCCCC1CCl. The van der Waals surface area contributed by atoms with E-state index in [-0.39, 0.29) is 17.5 Å². The van der Waals surface area contributed by atoms with Crippen LogP contribution in [0.2, 0.25) is 0 Å². The Labute approximate surface area is 124 Å². The van der Waals surface area contributed by atoms with Crippen LogP contribution >= 0.6 is 11.6 Å². The average molecular weight is 324 g/mol. The third-order valence-electron chi connectivity index (χ3n) is 3.58. The molecule has 1 unspecified atom stereocenters. The van der Waals surface area contributed by atoms with Gasteiger partial charge in [-0.05, 0) is 37.5 Å². The zero-order valence-corrected chi connectivity index (χ0v) is 11.8. The van der Waals surface area contributed by atoms with Gasteiger partial charge < -0.3 is 4.90 Å². The molecule has 21 heavy (non-hydrogen) atoms. The lowest BCUT2D eigenvalue weighted by Crippen LogP contribution is -2.44. The van der Waals surface area contributed by atoms with Crippen LogP contribution in [0.1, 0.15) is 35.2 Å². The first kappa shape index (κ1) is 16.1. The van der Waals surface area contributed by atoms with E-state index in [1.807, 2.05) is 0 Å². The van der Waals surface area contributed by atoms with E-state index in [4.69, 9.17) is 11.6 Å². The number of hydrogen-bond donors (Lipinski definition) is 0. The van der Waals surface area contributed by atoms with Gasteiger partial charge >= 0.3 is 6.18 Å². The molecule has 1 atom stereocenters. The van der Waals surface area contributed by atoms with Crippen LogP contribution < -0.4 is 0 Å². The minimum absolute atomic E-state index is 0.166. The molecule has 1 fully saturated rings. The van der Waals surface area contributed by atoms with E-state index in [1.54, 1.807) is 0 Å². The van der Waals surface area contributed by atoms with Crippen LogP contribution in [0.5, 0.6) is 0 Å². The number of amides is 1. The van der Waals surface area contributed by atoms with Crippen LogP contribution in [-0.2, 0) is 6.18 Å². The molecule has 0 radical (unpaired) electrons. The van der Waals surface area contributed by atoms with Gasteiger partial charge in [0.1, 0.15) is 5.82 Å². The van der Waals surface area contributed by atoms with Crippen molar-refractivity contribution in [2.24, 2.45) is 0 Å². The molecule has 1 amide bonds. The lowest BCUT2D eigenvalue weighted by molar-refractivity contribution is -0.140. The molecule has 2 nitrogen and oxygen atoms in total. The van der Waals surface area contributed by atoms with Gasteiger partial charge in [0.2, 0.25) is 0 Å². The summed E-state index contributed by atoms with van der Waals surface area (Å²) in [6.07, 6.45) is -2.39. The predicted molar refractivity (Wildman–Crippen MR) is 70.8 cm³/mol. The molecule has 1 saturated heterocycles. The number of piperidine rings is 1. The summed E-state index contributed by atoms with van der Waals surface area (Å²) in [5.41, 5.74) is -1.59. The molecule has 2 rings (SSSR count). The van der Waals surface area contributed by atoms with E-state index in [2.05, 4.69) is 0 Å². The van der Waals surface area contributed by atoms with E-state index in [0.717, 1.165) is 25.3 Å². The Morgan fingerprint density at radius 3 is 2.67 bits per heavy atom. The van der Waals surface area contributed by atoms with E-state index in [9.17, 15) is 22.4 Å². The van der Waals surface area contributed by atoms with Gasteiger partial charge in [0.15, 0.2) is 0 Å². The summed E-state index contributed by atoms with van der Waals surface area (Å²) in [5.74, 6) is -1.68. The number of likely N-dealkylation sites (tertiary alicyclic amines) is 1. The van der Waals surface area contributed by atoms with Gasteiger partial charge in [0.05, 0.1) is 5.56 Å². The van der Waals surface area contributed by atoms with Crippen LogP contribution in [0, 0.1) is 5.82 Å². The van der Waals surface area contributed by atoms with Crippen molar-refractivity contribution in [2.75, 3.05) is 12.4 Å². The number of carbonyl (C=O) groups is 1. The van der Waals surface area contributed by atoms with Crippen LogP contribution in [0.25, 0.3) is 0 Å². The number of halogens is 5. The summed E-state index contributed by atoms with van der Waals surface area (Å²) in [6, 6.07) is 2.13. The van der Waals surface area contributed by atoms with Crippen molar-refractivity contribution in [3.8, 4) is 0 Å². The van der Waals surface area contributed by atoms with Gasteiger partial charge in [0, 0.05) is 24.0 Å². The number of nitrogens with zero attached hydrogens (tertiary/aromatic N) is 1. The highest BCUT2D eigenvalue weighted by Crippen LogP contribution is 2.32. The smallest absolute Gasteiger partial charge is 0.334 e. The van der Waals surface area contributed by atoms with Crippen LogP contribution in [0.4, 0.5) is 17.6 Å². The number of rotatable bonds is 2. The minimum atomic E-state index is -4.83. The maximum atomic E-state index is 13.2. The van der Waals surface area contributed by atoms with E-state index in [1.165, 1.54) is 4.90 Å². The zero-order valence-electron chi connectivity index (χ0n) is 11.1. The summed E-state index contributed by atoms with van der Waals surface area (Å²) < 4.78 is 51.3.